The first kappa shape index (κ1) is 13.9. The van der Waals surface area contributed by atoms with Crippen LogP contribution < -0.4 is 4.90 Å². The molecule has 100 valence electrons. The Morgan fingerprint density at radius 2 is 2.11 bits per heavy atom. The second kappa shape index (κ2) is 6.07. The zero-order valence-electron chi connectivity index (χ0n) is 11.2. The molecule has 1 aliphatic rings. The van der Waals surface area contributed by atoms with Gasteiger partial charge in [0.15, 0.2) is 0 Å². The fraction of sp³-hybridized carbons (Fsp3) is 0.600. The van der Waals surface area contributed by atoms with Crippen LogP contribution in [0, 0.1) is 5.92 Å². The van der Waals surface area contributed by atoms with E-state index in [9.17, 15) is 5.11 Å². The number of nitrogens with zero attached hydrogens (tertiary/aromatic N) is 1. The number of rotatable bonds is 2. The highest BCUT2D eigenvalue weighted by atomic mass is 79.9. The Labute approximate surface area is 118 Å². The molecule has 2 nitrogen and oxygen atoms in total. The second-order valence-corrected chi connectivity index (χ2v) is 6.26. The van der Waals surface area contributed by atoms with E-state index >= 15 is 0 Å². The van der Waals surface area contributed by atoms with Crippen LogP contribution in [-0.4, -0.2) is 18.2 Å². The third-order valence-electron chi connectivity index (χ3n) is 3.81. The molecule has 2 rings (SSSR count). The van der Waals surface area contributed by atoms with Gasteiger partial charge in [0.25, 0.3) is 0 Å². The molecule has 1 aromatic rings. The summed E-state index contributed by atoms with van der Waals surface area (Å²) in [6.07, 6.45) is 3.47. The van der Waals surface area contributed by atoms with Crippen LogP contribution in [-0.2, 0) is 0 Å². The van der Waals surface area contributed by atoms with Crippen LogP contribution in [0.25, 0.3) is 0 Å². The normalized spacial score (nSPS) is 22.7. The van der Waals surface area contributed by atoms with Crippen molar-refractivity contribution < 1.29 is 5.11 Å². The van der Waals surface area contributed by atoms with Gasteiger partial charge in [0.1, 0.15) is 0 Å². The lowest BCUT2D eigenvalue weighted by Gasteiger charge is -2.24. The maximum atomic E-state index is 9.59. The highest BCUT2D eigenvalue weighted by Crippen LogP contribution is 2.31. The summed E-state index contributed by atoms with van der Waals surface area (Å²) in [7, 11) is 0. The van der Waals surface area contributed by atoms with Crippen LogP contribution in [0.4, 0.5) is 5.69 Å². The lowest BCUT2D eigenvalue weighted by Crippen LogP contribution is -2.24. The van der Waals surface area contributed by atoms with Gasteiger partial charge in [-0.3, -0.25) is 0 Å². The van der Waals surface area contributed by atoms with E-state index in [4.69, 9.17) is 0 Å². The van der Waals surface area contributed by atoms with Crippen molar-refractivity contribution >= 4 is 21.6 Å². The van der Waals surface area contributed by atoms with Gasteiger partial charge in [-0.1, -0.05) is 13.0 Å². The first-order chi connectivity index (χ1) is 8.58. The topological polar surface area (TPSA) is 23.5 Å². The van der Waals surface area contributed by atoms with Crippen molar-refractivity contribution in [3.05, 3.63) is 28.2 Å². The minimum atomic E-state index is -0.403. The van der Waals surface area contributed by atoms with Crippen molar-refractivity contribution in [1.29, 1.82) is 0 Å². The van der Waals surface area contributed by atoms with Gasteiger partial charge in [-0.05, 0) is 65.7 Å². The average molecular weight is 312 g/mol. The van der Waals surface area contributed by atoms with E-state index in [1.54, 1.807) is 6.92 Å². The number of aliphatic hydroxyl groups excluding tert-OH is 1. The number of halogens is 1. The van der Waals surface area contributed by atoms with Crippen molar-refractivity contribution in [2.24, 2.45) is 5.92 Å². The fourth-order valence-corrected chi connectivity index (χ4v) is 3.19. The van der Waals surface area contributed by atoms with Crippen LogP contribution in [0.2, 0.25) is 0 Å². The molecule has 3 heteroatoms. The molecule has 0 radical (unpaired) electrons. The van der Waals surface area contributed by atoms with Gasteiger partial charge in [0, 0.05) is 17.6 Å². The van der Waals surface area contributed by atoms with Gasteiger partial charge >= 0.3 is 0 Å². The van der Waals surface area contributed by atoms with E-state index in [0.717, 1.165) is 29.0 Å². The molecule has 1 saturated heterocycles. The van der Waals surface area contributed by atoms with E-state index in [2.05, 4.69) is 33.8 Å². The SMILES string of the molecule is CC1CCCN(c2ccc([C@@H](C)O)cc2Br)CC1. The molecule has 0 bridgehead atoms. The Morgan fingerprint density at radius 1 is 1.33 bits per heavy atom. The smallest absolute Gasteiger partial charge is 0.0762 e. The maximum Gasteiger partial charge on any atom is 0.0762 e. The lowest BCUT2D eigenvalue weighted by atomic mass is 10.0. The summed E-state index contributed by atoms with van der Waals surface area (Å²) in [6.45, 7) is 6.41. The van der Waals surface area contributed by atoms with Gasteiger partial charge in [-0.25, -0.2) is 0 Å². The number of anilines is 1. The molecule has 1 aliphatic heterocycles. The predicted molar refractivity (Wildman–Crippen MR) is 80.0 cm³/mol. The standard InChI is InChI=1S/C15H22BrNO/c1-11-4-3-8-17(9-7-11)15-6-5-13(12(2)18)10-14(15)16/h5-6,10-12,18H,3-4,7-9H2,1-2H3/t11?,12-/m1/s1. The Morgan fingerprint density at radius 3 is 2.78 bits per heavy atom. The number of aliphatic hydroxyl groups is 1. The van der Waals surface area contributed by atoms with E-state index < -0.39 is 6.10 Å². The first-order valence-electron chi connectivity index (χ1n) is 6.80. The monoisotopic (exact) mass is 311 g/mol. The molecule has 0 aliphatic carbocycles. The molecule has 0 amide bonds. The summed E-state index contributed by atoms with van der Waals surface area (Å²) in [4.78, 5) is 2.46. The van der Waals surface area contributed by atoms with E-state index in [0.29, 0.717) is 0 Å². The summed E-state index contributed by atoms with van der Waals surface area (Å²) < 4.78 is 1.09. The molecule has 1 unspecified atom stereocenters. The van der Waals surface area contributed by atoms with Crippen molar-refractivity contribution in [1.82, 2.24) is 0 Å². The van der Waals surface area contributed by atoms with Gasteiger partial charge in [-0.2, -0.15) is 0 Å². The zero-order chi connectivity index (χ0) is 13.1. The van der Waals surface area contributed by atoms with Crippen LogP contribution >= 0.6 is 15.9 Å². The summed E-state index contributed by atoms with van der Waals surface area (Å²) in [5, 5.41) is 9.59. The van der Waals surface area contributed by atoms with E-state index in [1.807, 2.05) is 12.1 Å². The Kier molecular flexibility index (Phi) is 4.68. The molecule has 18 heavy (non-hydrogen) atoms. The van der Waals surface area contributed by atoms with Crippen molar-refractivity contribution in [3.63, 3.8) is 0 Å². The number of hydrogen-bond donors (Lipinski definition) is 1. The Balaban J connectivity index is 2.17. The third kappa shape index (κ3) is 3.27. The molecular formula is C15H22BrNO. The van der Waals surface area contributed by atoms with Crippen LogP contribution in [0.3, 0.4) is 0 Å². The molecule has 0 spiro atoms. The summed E-state index contributed by atoms with van der Waals surface area (Å²) in [5.74, 6) is 0.838. The maximum absolute atomic E-state index is 9.59. The van der Waals surface area contributed by atoms with Gasteiger partial charge in [0.2, 0.25) is 0 Å². The van der Waals surface area contributed by atoms with Gasteiger partial charge < -0.3 is 10.0 Å². The molecule has 0 saturated carbocycles. The molecule has 2 atom stereocenters. The Bertz CT molecular complexity index is 405. The molecule has 1 N–H and O–H groups in total. The minimum Gasteiger partial charge on any atom is -0.389 e. The first-order valence-corrected chi connectivity index (χ1v) is 7.59. The molecule has 1 fully saturated rings. The zero-order valence-corrected chi connectivity index (χ0v) is 12.8. The minimum absolute atomic E-state index is 0.403. The highest BCUT2D eigenvalue weighted by molar-refractivity contribution is 9.10. The summed E-state index contributed by atoms with van der Waals surface area (Å²) in [5.41, 5.74) is 2.22. The van der Waals surface area contributed by atoms with Gasteiger partial charge in [0.05, 0.1) is 11.8 Å². The summed E-state index contributed by atoms with van der Waals surface area (Å²) in [6, 6.07) is 6.19. The summed E-state index contributed by atoms with van der Waals surface area (Å²) >= 11 is 3.64. The fourth-order valence-electron chi connectivity index (χ4n) is 2.54. The lowest BCUT2D eigenvalue weighted by molar-refractivity contribution is 0.199. The molecule has 1 aromatic carbocycles. The average Bonchev–Trinajstić information content (AvgIpc) is 2.54. The van der Waals surface area contributed by atoms with Crippen LogP contribution in [0.15, 0.2) is 22.7 Å². The molecule has 0 aromatic heterocycles. The third-order valence-corrected chi connectivity index (χ3v) is 4.45. The van der Waals surface area contributed by atoms with Gasteiger partial charge in [-0.15, -0.1) is 0 Å². The largest absolute Gasteiger partial charge is 0.389 e. The highest BCUT2D eigenvalue weighted by Gasteiger charge is 2.16. The molecule has 1 heterocycles. The van der Waals surface area contributed by atoms with Crippen molar-refractivity contribution in [3.8, 4) is 0 Å². The Hall–Kier alpha value is -0.540. The van der Waals surface area contributed by atoms with Crippen LogP contribution in [0.5, 0.6) is 0 Å². The predicted octanol–water partition coefficient (Wildman–Crippen LogP) is 4.13. The van der Waals surface area contributed by atoms with E-state index in [-0.39, 0.29) is 0 Å². The molecular weight excluding hydrogens is 290 g/mol. The quantitative estimate of drug-likeness (QED) is 0.887. The van der Waals surface area contributed by atoms with Crippen molar-refractivity contribution in [2.45, 2.75) is 39.2 Å². The number of hydrogen-bond acceptors (Lipinski definition) is 2. The van der Waals surface area contributed by atoms with Crippen LogP contribution in [0.1, 0.15) is 44.8 Å². The number of benzene rings is 1. The van der Waals surface area contributed by atoms with E-state index in [1.165, 1.54) is 24.9 Å². The second-order valence-electron chi connectivity index (χ2n) is 5.41. The van der Waals surface area contributed by atoms with Crippen molar-refractivity contribution in [2.75, 3.05) is 18.0 Å².